The second-order valence-electron chi connectivity index (χ2n) is 4.35. The second kappa shape index (κ2) is 8.79. The van der Waals surface area contributed by atoms with Gasteiger partial charge in [0.25, 0.3) is 0 Å². The van der Waals surface area contributed by atoms with Crippen LogP contribution in [0.25, 0.3) is 0 Å². The monoisotopic (exact) mass is 299 g/mol. The molecule has 20 heavy (non-hydrogen) atoms. The summed E-state index contributed by atoms with van der Waals surface area (Å²) in [6, 6.07) is 5.04. The number of benzene rings is 1. The van der Waals surface area contributed by atoms with Crippen molar-refractivity contribution in [1.82, 2.24) is 4.90 Å². The maximum absolute atomic E-state index is 11.9. The zero-order valence-electron chi connectivity index (χ0n) is 12.0. The third-order valence-corrected chi connectivity index (χ3v) is 3.19. The molecule has 6 heteroatoms. The minimum absolute atomic E-state index is 0.0786. The fourth-order valence-electron chi connectivity index (χ4n) is 1.71. The molecule has 0 fully saturated rings. The van der Waals surface area contributed by atoms with Gasteiger partial charge in [-0.2, -0.15) is 0 Å². The maximum Gasteiger partial charge on any atom is 0.238 e. The van der Waals surface area contributed by atoms with E-state index in [-0.39, 0.29) is 5.91 Å². The first-order chi connectivity index (χ1) is 9.56. The van der Waals surface area contributed by atoms with Gasteiger partial charge < -0.3 is 15.8 Å². The zero-order chi connectivity index (χ0) is 15.0. The Labute approximate surface area is 125 Å². The molecule has 0 aromatic heterocycles. The van der Waals surface area contributed by atoms with Gasteiger partial charge in [-0.15, -0.1) is 0 Å². The van der Waals surface area contributed by atoms with E-state index in [1.807, 2.05) is 18.7 Å². The Balaban J connectivity index is 2.46. The summed E-state index contributed by atoms with van der Waals surface area (Å²) < 4.78 is 5.29. The van der Waals surface area contributed by atoms with Crippen LogP contribution in [-0.2, 0) is 9.53 Å². The number of halogens is 1. The Kier molecular flexibility index (Phi) is 7.36. The predicted octanol–water partition coefficient (Wildman–Crippen LogP) is 2.22. The fraction of sp³-hybridized carbons (Fsp3) is 0.500. The first-order valence-electron chi connectivity index (χ1n) is 6.71. The van der Waals surface area contributed by atoms with Gasteiger partial charge in [0.05, 0.1) is 23.9 Å². The van der Waals surface area contributed by atoms with Crippen LogP contribution in [0.5, 0.6) is 0 Å². The van der Waals surface area contributed by atoms with E-state index in [0.29, 0.717) is 36.2 Å². The zero-order valence-corrected chi connectivity index (χ0v) is 12.7. The van der Waals surface area contributed by atoms with Crippen LogP contribution in [0.2, 0.25) is 5.02 Å². The molecule has 0 saturated heterocycles. The van der Waals surface area contributed by atoms with Gasteiger partial charge in [-0.1, -0.05) is 18.5 Å². The van der Waals surface area contributed by atoms with Crippen LogP contribution in [0.15, 0.2) is 18.2 Å². The second-order valence-corrected chi connectivity index (χ2v) is 4.76. The summed E-state index contributed by atoms with van der Waals surface area (Å²) in [5.74, 6) is -0.0786. The van der Waals surface area contributed by atoms with Crippen LogP contribution in [0.3, 0.4) is 0 Å². The smallest absolute Gasteiger partial charge is 0.238 e. The summed E-state index contributed by atoms with van der Waals surface area (Å²) in [6.45, 7) is 7.14. The lowest BCUT2D eigenvalue weighted by atomic mass is 10.3. The van der Waals surface area contributed by atoms with Crippen molar-refractivity contribution in [2.75, 3.05) is 43.9 Å². The number of carbonyl (C=O) groups excluding carboxylic acids is 1. The lowest BCUT2D eigenvalue weighted by Gasteiger charge is -2.19. The van der Waals surface area contributed by atoms with E-state index in [9.17, 15) is 4.79 Å². The van der Waals surface area contributed by atoms with Crippen molar-refractivity contribution in [3.05, 3.63) is 23.2 Å². The number of rotatable bonds is 8. The Morgan fingerprint density at radius 2 is 2.20 bits per heavy atom. The van der Waals surface area contributed by atoms with Gasteiger partial charge in [0.15, 0.2) is 0 Å². The molecule has 1 rings (SSSR count). The molecule has 112 valence electrons. The van der Waals surface area contributed by atoms with Crippen LogP contribution in [0, 0.1) is 0 Å². The van der Waals surface area contributed by atoms with Crippen LogP contribution in [0.4, 0.5) is 11.4 Å². The first kappa shape index (κ1) is 16.8. The van der Waals surface area contributed by atoms with Crippen molar-refractivity contribution in [2.45, 2.75) is 13.8 Å². The number of nitrogens with zero attached hydrogens (tertiary/aromatic N) is 1. The minimum atomic E-state index is -0.0786. The van der Waals surface area contributed by atoms with Gasteiger partial charge in [-0.25, -0.2) is 0 Å². The van der Waals surface area contributed by atoms with E-state index < -0.39 is 0 Å². The van der Waals surface area contributed by atoms with Crippen molar-refractivity contribution in [3.63, 3.8) is 0 Å². The lowest BCUT2D eigenvalue weighted by Crippen LogP contribution is -2.35. The third kappa shape index (κ3) is 5.77. The van der Waals surface area contributed by atoms with E-state index in [1.54, 1.807) is 18.2 Å². The standard InChI is InChI=1S/C14H22ClN3O2/c1-3-18(7-8-20-4-2)10-14(19)17-11-5-6-12(15)13(16)9-11/h5-6,9H,3-4,7-8,10,16H2,1-2H3,(H,17,19). The molecule has 0 heterocycles. The molecule has 1 aromatic carbocycles. The normalized spacial score (nSPS) is 10.8. The lowest BCUT2D eigenvalue weighted by molar-refractivity contribution is -0.117. The highest BCUT2D eigenvalue weighted by Crippen LogP contribution is 2.22. The molecular weight excluding hydrogens is 278 g/mol. The highest BCUT2D eigenvalue weighted by Gasteiger charge is 2.09. The summed E-state index contributed by atoms with van der Waals surface area (Å²) in [6.07, 6.45) is 0. The first-order valence-corrected chi connectivity index (χ1v) is 7.09. The largest absolute Gasteiger partial charge is 0.397 e. The molecule has 0 atom stereocenters. The maximum atomic E-state index is 11.9. The predicted molar refractivity (Wildman–Crippen MR) is 83.1 cm³/mol. The average Bonchev–Trinajstić information content (AvgIpc) is 2.42. The number of amides is 1. The van der Waals surface area contributed by atoms with Gasteiger partial charge in [-0.05, 0) is 31.7 Å². The molecule has 0 bridgehead atoms. The van der Waals surface area contributed by atoms with E-state index in [0.717, 1.165) is 13.1 Å². The topological polar surface area (TPSA) is 67.6 Å². The van der Waals surface area contributed by atoms with Crippen molar-refractivity contribution in [1.29, 1.82) is 0 Å². The Hall–Kier alpha value is -1.30. The number of anilines is 2. The van der Waals surface area contributed by atoms with Crippen molar-refractivity contribution in [2.24, 2.45) is 0 Å². The molecule has 5 nitrogen and oxygen atoms in total. The molecular formula is C14H22ClN3O2. The number of nitrogens with two attached hydrogens (primary N) is 1. The molecule has 1 aromatic rings. The van der Waals surface area contributed by atoms with Crippen molar-refractivity contribution in [3.8, 4) is 0 Å². The number of hydrogen-bond acceptors (Lipinski definition) is 4. The Morgan fingerprint density at radius 3 is 2.80 bits per heavy atom. The molecule has 0 radical (unpaired) electrons. The SMILES string of the molecule is CCOCCN(CC)CC(=O)Nc1ccc(Cl)c(N)c1. The van der Waals surface area contributed by atoms with E-state index in [2.05, 4.69) is 5.32 Å². The summed E-state index contributed by atoms with van der Waals surface area (Å²) >= 11 is 5.84. The molecule has 0 aliphatic heterocycles. The van der Waals surface area contributed by atoms with Crippen LogP contribution < -0.4 is 11.1 Å². The quantitative estimate of drug-likeness (QED) is 0.570. The highest BCUT2D eigenvalue weighted by molar-refractivity contribution is 6.33. The van der Waals surface area contributed by atoms with E-state index >= 15 is 0 Å². The average molecular weight is 300 g/mol. The Bertz CT molecular complexity index is 440. The summed E-state index contributed by atoms with van der Waals surface area (Å²) in [7, 11) is 0. The molecule has 0 aliphatic rings. The summed E-state index contributed by atoms with van der Waals surface area (Å²) in [4.78, 5) is 14.0. The molecule has 0 unspecified atom stereocenters. The summed E-state index contributed by atoms with van der Waals surface area (Å²) in [5, 5.41) is 3.29. The van der Waals surface area contributed by atoms with Crippen LogP contribution in [-0.4, -0.2) is 43.7 Å². The van der Waals surface area contributed by atoms with Crippen LogP contribution >= 0.6 is 11.6 Å². The number of ether oxygens (including phenoxy) is 1. The summed E-state index contributed by atoms with van der Waals surface area (Å²) in [5.41, 5.74) is 6.80. The molecule has 0 spiro atoms. The van der Waals surface area contributed by atoms with Crippen LogP contribution in [0.1, 0.15) is 13.8 Å². The Morgan fingerprint density at radius 1 is 1.45 bits per heavy atom. The number of nitrogen functional groups attached to an aromatic ring is 1. The number of carbonyl (C=O) groups is 1. The highest BCUT2D eigenvalue weighted by atomic mass is 35.5. The number of hydrogen-bond donors (Lipinski definition) is 2. The molecule has 0 aliphatic carbocycles. The van der Waals surface area contributed by atoms with Crippen molar-refractivity contribution >= 4 is 28.9 Å². The van der Waals surface area contributed by atoms with E-state index in [4.69, 9.17) is 22.1 Å². The van der Waals surface area contributed by atoms with Gasteiger partial charge >= 0.3 is 0 Å². The van der Waals surface area contributed by atoms with Gasteiger partial charge in [0.2, 0.25) is 5.91 Å². The fourth-order valence-corrected chi connectivity index (χ4v) is 1.83. The van der Waals surface area contributed by atoms with Gasteiger partial charge in [0.1, 0.15) is 0 Å². The number of nitrogens with one attached hydrogen (secondary N) is 1. The minimum Gasteiger partial charge on any atom is -0.397 e. The third-order valence-electron chi connectivity index (χ3n) is 2.85. The molecule has 3 N–H and O–H groups in total. The number of likely N-dealkylation sites (N-methyl/N-ethyl adjacent to an activating group) is 1. The van der Waals surface area contributed by atoms with E-state index in [1.165, 1.54) is 0 Å². The molecule has 0 saturated carbocycles. The van der Waals surface area contributed by atoms with Gasteiger partial charge in [0, 0.05) is 18.8 Å². The van der Waals surface area contributed by atoms with Crippen molar-refractivity contribution < 1.29 is 9.53 Å². The van der Waals surface area contributed by atoms with Gasteiger partial charge in [-0.3, -0.25) is 9.69 Å². The molecule has 1 amide bonds.